The lowest BCUT2D eigenvalue weighted by Crippen LogP contribution is -2.54. The van der Waals surface area contributed by atoms with E-state index in [4.69, 9.17) is 34.2 Å². The Balaban J connectivity index is 1.73. The average Bonchev–Trinajstić information content (AvgIpc) is 3.15. The number of halogens is 1. The van der Waals surface area contributed by atoms with Gasteiger partial charge in [0.1, 0.15) is 42.7 Å². The number of hydrogen-bond acceptors (Lipinski definition) is 12. The van der Waals surface area contributed by atoms with Crippen LogP contribution in [0.1, 0.15) is 43.9 Å². The molecule has 0 unspecified atom stereocenters. The number of esters is 2. The Morgan fingerprint density at radius 3 is 1.95 bits per heavy atom. The Labute approximate surface area is 338 Å². The number of benzene rings is 3. The minimum atomic E-state index is -1.42. The highest BCUT2D eigenvalue weighted by molar-refractivity contribution is 14.1. The summed E-state index contributed by atoms with van der Waals surface area (Å²) in [5, 5.41) is 7.44. The molecule has 16 nitrogen and oxygen atoms in total. The quantitative estimate of drug-likeness (QED) is 0.0574. The third-order valence-corrected chi connectivity index (χ3v) is 8.03. The van der Waals surface area contributed by atoms with E-state index in [1.807, 2.05) is 30.3 Å². The molecule has 0 aliphatic rings. The summed E-state index contributed by atoms with van der Waals surface area (Å²) in [4.78, 5) is 75.5. The first-order chi connectivity index (χ1) is 26.6. The number of alkyl halides is 1. The molecule has 17 heteroatoms. The van der Waals surface area contributed by atoms with E-state index in [1.54, 1.807) is 63.2 Å². The van der Waals surface area contributed by atoms with Gasteiger partial charge in [-0.3, -0.25) is 9.59 Å². The molecule has 0 heterocycles. The molecule has 0 radical (unpaired) electrons. The highest BCUT2D eigenvalue weighted by Crippen LogP contribution is 2.33. The lowest BCUT2D eigenvalue weighted by atomic mass is 10.0. The summed E-state index contributed by atoms with van der Waals surface area (Å²) in [6, 6.07) is 17.1. The molecular formula is C39H47IN4O12. The average molecular weight is 891 g/mol. The molecule has 0 spiro atoms. The molecule has 0 saturated heterocycles. The van der Waals surface area contributed by atoms with Crippen molar-refractivity contribution in [3.63, 3.8) is 0 Å². The number of nitrogens with two attached hydrogens (primary N) is 1. The molecule has 3 aromatic rings. The van der Waals surface area contributed by atoms with Crippen LogP contribution >= 0.6 is 22.6 Å². The van der Waals surface area contributed by atoms with Crippen LogP contribution in [0.3, 0.4) is 0 Å². The van der Waals surface area contributed by atoms with Crippen LogP contribution in [-0.2, 0) is 57.6 Å². The first-order valence-corrected chi connectivity index (χ1v) is 18.9. The van der Waals surface area contributed by atoms with Crippen LogP contribution in [0.15, 0.2) is 72.8 Å². The maximum absolute atomic E-state index is 13.2. The molecule has 0 bridgehead atoms. The summed E-state index contributed by atoms with van der Waals surface area (Å²) in [5.41, 5.74) is 6.42. The van der Waals surface area contributed by atoms with Gasteiger partial charge in [0.15, 0.2) is 11.5 Å². The van der Waals surface area contributed by atoms with Gasteiger partial charge in [-0.1, -0.05) is 71.1 Å². The Morgan fingerprint density at radius 1 is 0.714 bits per heavy atom. The summed E-state index contributed by atoms with van der Waals surface area (Å²) >= 11 is 2.08. The van der Waals surface area contributed by atoms with Gasteiger partial charge in [-0.2, -0.15) is 0 Å². The van der Waals surface area contributed by atoms with Crippen molar-refractivity contribution in [1.82, 2.24) is 16.0 Å². The van der Waals surface area contributed by atoms with Crippen LogP contribution in [0.25, 0.3) is 0 Å². The lowest BCUT2D eigenvalue weighted by molar-refractivity contribution is -0.145. The predicted octanol–water partition coefficient (Wildman–Crippen LogP) is 4.27. The fourth-order valence-electron chi connectivity index (χ4n) is 5.03. The maximum Gasteiger partial charge on any atom is 0.408 e. The van der Waals surface area contributed by atoms with Gasteiger partial charge in [-0.05, 0) is 61.7 Å². The van der Waals surface area contributed by atoms with Crippen molar-refractivity contribution in [2.45, 2.75) is 70.4 Å². The third kappa shape index (κ3) is 15.6. The molecule has 0 fully saturated rings. The van der Waals surface area contributed by atoms with Gasteiger partial charge in [-0.25, -0.2) is 19.2 Å². The number of amides is 4. The normalized spacial score (nSPS) is 12.5. The maximum atomic E-state index is 13.2. The van der Waals surface area contributed by atoms with Crippen LogP contribution in [0, 0.1) is 0 Å². The van der Waals surface area contributed by atoms with Gasteiger partial charge >= 0.3 is 24.1 Å². The van der Waals surface area contributed by atoms with E-state index >= 15 is 0 Å². The number of methoxy groups -OCH3 is 2. The van der Waals surface area contributed by atoms with Crippen molar-refractivity contribution in [2.75, 3.05) is 25.3 Å². The first-order valence-electron chi connectivity index (χ1n) is 17.4. The highest BCUT2D eigenvalue weighted by Gasteiger charge is 2.30. The molecule has 3 atom stereocenters. The number of alkyl carbamates (subject to hydrolysis) is 2. The largest absolute Gasteiger partial charge is 0.493 e. The van der Waals surface area contributed by atoms with E-state index in [9.17, 15) is 28.8 Å². The molecule has 0 saturated carbocycles. The molecule has 3 aromatic carbocycles. The second-order valence-corrected chi connectivity index (χ2v) is 14.3. The van der Waals surface area contributed by atoms with Crippen molar-refractivity contribution < 1.29 is 57.2 Å². The van der Waals surface area contributed by atoms with Gasteiger partial charge in [0.05, 0.1) is 20.6 Å². The number of nitrogens with one attached hydrogen (secondary N) is 3. The Bertz CT molecular complexity index is 1800. The molecule has 0 aliphatic heterocycles. The zero-order valence-corrected chi connectivity index (χ0v) is 33.9. The lowest BCUT2D eigenvalue weighted by Gasteiger charge is -2.24. The predicted molar refractivity (Wildman–Crippen MR) is 211 cm³/mol. The fraction of sp³-hybridized carbons (Fsp3) is 0.385. The molecule has 3 rings (SSSR count). The van der Waals surface area contributed by atoms with E-state index < -0.39 is 66.1 Å². The van der Waals surface area contributed by atoms with Crippen molar-refractivity contribution in [3.05, 3.63) is 89.5 Å². The fourth-order valence-corrected chi connectivity index (χ4v) is 5.25. The standard InChI is InChI=1S/C39H47IN4O12/c1-39(2,3)56-38(50)43-28(22-33(41)45)34(46)42-29(35(47)52-5)19-24-11-14-27(15-12-24)55-32-21-26(13-16-31(32)51-4)20-30(36(48)53-18-17-40)44-37(49)54-23-25-9-7-6-8-10-25/h6-16,21,28-30H,17-20,22-23H2,1-5H3,(H2,41,45)(H,42,46)(H,43,50)(H,44,49)/t28-,29-,30-/m0/s1. The summed E-state index contributed by atoms with van der Waals surface area (Å²) in [6.45, 7) is 5.07. The number of hydrogen-bond donors (Lipinski definition) is 4. The Morgan fingerprint density at radius 2 is 1.34 bits per heavy atom. The van der Waals surface area contributed by atoms with E-state index in [0.29, 0.717) is 32.8 Å². The van der Waals surface area contributed by atoms with Crippen LogP contribution in [0.4, 0.5) is 9.59 Å². The van der Waals surface area contributed by atoms with Gasteiger partial charge in [-0.15, -0.1) is 0 Å². The van der Waals surface area contributed by atoms with Gasteiger partial charge in [0.2, 0.25) is 11.8 Å². The van der Waals surface area contributed by atoms with E-state index in [1.165, 1.54) is 7.11 Å². The third-order valence-electron chi connectivity index (χ3n) is 7.58. The minimum Gasteiger partial charge on any atom is -0.493 e. The number of primary amides is 1. The smallest absolute Gasteiger partial charge is 0.408 e. The second kappa shape index (κ2) is 22.1. The number of ether oxygens (including phenoxy) is 6. The molecule has 302 valence electrons. The highest BCUT2D eigenvalue weighted by atomic mass is 127. The van der Waals surface area contributed by atoms with E-state index in [0.717, 1.165) is 12.7 Å². The number of carbonyl (C=O) groups excluding carboxylic acids is 6. The zero-order chi connectivity index (χ0) is 41.3. The monoisotopic (exact) mass is 890 g/mol. The molecule has 5 N–H and O–H groups in total. The molecule has 4 amide bonds. The van der Waals surface area contributed by atoms with Gasteiger partial charge < -0.3 is 50.1 Å². The SMILES string of the molecule is COC(=O)[C@H](Cc1ccc(Oc2cc(C[C@H](NC(=O)OCc3ccccc3)C(=O)OCCI)ccc2OC)cc1)NC(=O)[C@H](CC(N)=O)NC(=O)OC(C)(C)C. The molecule has 0 aliphatic carbocycles. The molecular weight excluding hydrogens is 843 g/mol. The molecule has 56 heavy (non-hydrogen) atoms. The van der Waals surface area contributed by atoms with E-state index in [-0.39, 0.29) is 26.1 Å². The van der Waals surface area contributed by atoms with Crippen molar-refractivity contribution in [3.8, 4) is 17.2 Å². The van der Waals surface area contributed by atoms with Crippen LogP contribution in [0.5, 0.6) is 17.2 Å². The second-order valence-electron chi connectivity index (χ2n) is 13.2. The van der Waals surface area contributed by atoms with Crippen molar-refractivity contribution in [2.24, 2.45) is 5.73 Å². The Kier molecular flexibility index (Phi) is 17.7. The minimum absolute atomic E-state index is 0.0181. The molecule has 0 aromatic heterocycles. The van der Waals surface area contributed by atoms with Gasteiger partial charge in [0, 0.05) is 17.3 Å². The summed E-state index contributed by atoms with van der Waals surface area (Å²) < 4.78 is 32.9. The zero-order valence-electron chi connectivity index (χ0n) is 31.8. The van der Waals surface area contributed by atoms with Crippen LogP contribution in [-0.4, -0.2) is 84.9 Å². The van der Waals surface area contributed by atoms with Gasteiger partial charge in [0.25, 0.3) is 0 Å². The summed E-state index contributed by atoms with van der Waals surface area (Å²) in [7, 11) is 2.63. The van der Waals surface area contributed by atoms with E-state index in [2.05, 4.69) is 38.5 Å². The topological polar surface area (TPSA) is 220 Å². The van der Waals surface area contributed by atoms with Crippen LogP contribution in [0.2, 0.25) is 0 Å². The Hall–Kier alpha value is -5.59. The van der Waals surface area contributed by atoms with Crippen molar-refractivity contribution >= 4 is 58.5 Å². The number of carbonyl (C=O) groups is 6. The van der Waals surface area contributed by atoms with Crippen molar-refractivity contribution in [1.29, 1.82) is 0 Å². The first kappa shape index (κ1) is 44.8. The van der Waals surface area contributed by atoms with Crippen LogP contribution < -0.4 is 31.2 Å². The number of rotatable bonds is 19. The summed E-state index contributed by atoms with van der Waals surface area (Å²) in [6.07, 6.45) is -2.25. The summed E-state index contributed by atoms with van der Waals surface area (Å²) in [5.74, 6) is -2.04.